The molecule has 0 aromatic rings. The van der Waals surface area contributed by atoms with Gasteiger partial charge in [-0.1, -0.05) is 0 Å². The van der Waals surface area contributed by atoms with Crippen molar-refractivity contribution in [2.75, 3.05) is 0 Å². The topological polar surface area (TPSA) is 41.1 Å². The number of halogens is 3. The van der Waals surface area contributed by atoms with Gasteiger partial charge in [0, 0.05) is 18.1 Å². The van der Waals surface area contributed by atoms with Crippen molar-refractivity contribution in [1.82, 2.24) is 10.6 Å². The molecule has 2 unspecified atom stereocenters. The van der Waals surface area contributed by atoms with Crippen molar-refractivity contribution in [3.05, 3.63) is 0 Å². The Balaban J connectivity index is 1.88. The van der Waals surface area contributed by atoms with Crippen LogP contribution >= 0.6 is 0 Å². The Bertz CT molecular complexity index is 255. The lowest BCUT2D eigenvalue weighted by molar-refractivity contribution is -0.174. The van der Waals surface area contributed by atoms with E-state index in [1.54, 1.807) is 0 Å². The van der Waals surface area contributed by atoms with E-state index in [0.717, 1.165) is 12.8 Å². The van der Waals surface area contributed by atoms with E-state index >= 15 is 0 Å². The maximum Gasteiger partial charge on any atom is 0.471 e. The number of hydrogen-bond donors (Lipinski definition) is 2. The van der Waals surface area contributed by atoms with Gasteiger partial charge < -0.3 is 10.6 Å². The fraction of sp³-hybridized carbons (Fsp3) is 0.889. The van der Waals surface area contributed by atoms with Crippen LogP contribution < -0.4 is 10.6 Å². The quantitative estimate of drug-likeness (QED) is 0.693. The Morgan fingerprint density at radius 2 is 1.73 bits per heavy atom. The van der Waals surface area contributed by atoms with Crippen molar-refractivity contribution in [3.8, 4) is 0 Å². The number of piperidine rings is 1. The van der Waals surface area contributed by atoms with Crippen LogP contribution in [-0.4, -0.2) is 30.2 Å². The van der Waals surface area contributed by atoms with E-state index in [2.05, 4.69) is 10.6 Å². The molecular weight excluding hydrogens is 209 g/mol. The Kier molecular flexibility index (Phi) is 2.62. The smallest absolute Gasteiger partial charge is 0.345 e. The third-order valence-electron chi connectivity index (χ3n) is 3.07. The van der Waals surface area contributed by atoms with Crippen LogP contribution in [0.5, 0.6) is 0 Å². The van der Waals surface area contributed by atoms with E-state index in [4.69, 9.17) is 0 Å². The van der Waals surface area contributed by atoms with E-state index in [1.807, 2.05) is 0 Å². The molecule has 6 heteroatoms. The average molecular weight is 222 g/mol. The second-order valence-electron chi connectivity index (χ2n) is 4.28. The molecule has 2 bridgehead atoms. The van der Waals surface area contributed by atoms with Gasteiger partial charge in [-0.25, -0.2) is 0 Å². The minimum Gasteiger partial charge on any atom is -0.345 e. The van der Waals surface area contributed by atoms with Crippen LogP contribution in [0.1, 0.15) is 25.7 Å². The first kappa shape index (κ1) is 10.7. The van der Waals surface area contributed by atoms with E-state index in [9.17, 15) is 18.0 Å². The van der Waals surface area contributed by atoms with Gasteiger partial charge in [0.2, 0.25) is 0 Å². The van der Waals surface area contributed by atoms with Crippen molar-refractivity contribution in [2.45, 2.75) is 50.0 Å². The maximum atomic E-state index is 12.0. The number of hydrogen-bond acceptors (Lipinski definition) is 2. The van der Waals surface area contributed by atoms with Gasteiger partial charge in [0.05, 0.1) is 0 Å². The van der Waals surface area contributed by atoms with Crippen molar-refractivity contribution in [3.63, 3.8) is 0 Å². The summed E-state index contributed by atoms with van der Waals surface area (Å²) in [7, 11) is 0. The van der Waals surface area contributed by atoms with Gasteiger partial charge in [0.1, 0.15) is 0 Å². The Labute approximate surface area is 85.4 Å². The molecule has 86 valence electrons. The van der Waals surface area contributed by atoms with Gasteiger partial charge >= 0.3 is 12.1 Å². The van der Waals surface area contributed by atoms with Gasteiger partial charge in [-0.3, -0.25) is 4.79 Å². The Morgan fingerprint density at radius 1 is 1.20 bits per heavy atom. The van der Waals surface area contributed by atoms with Gasteiger partial charge in [0.25, 0.3) is 0 Å². The molecule has 0 aromatic carbocycles. The summed E-state index contributed by atoms with van der Waals surface area (Å²) in [6, 6.07) is 0.238. The average Bonchev–Trinajstić information content (AvgIpc) is 2.44. The molecule has 2 aliphatic rings. The van der Waals surface area contributed by atoms with Gasteiger partial charge in [-0.05, 0) is 25.7 Å². The highest BCUT2D eigenvalue weighted by atomic mass is 19.4. The summed E-state index contributed by atoms with van der Waals surface area (Å²) in [6.07, 6.45) is -1.54. The normalized spacial score (nSPS) is 35.3. The molecule has 0 aromatic heterocycles. The van der Waals surface area contributed by atoms with E-state index < -0.39 is 12.1 Å². The third kappa shape index (κ3) is 2.42. The number of carbonyl (C=O) groups excluding carboxylic acids is 1. The van der Waals surface area contributed by atoms with Crippen molar-refractivity contribution < 1.29 is 18.0 Å². The number of amides is 1. The van der Waals surface area contributed by atoms with E-state index in [-0.39, 0.29) is 18.1 Å². The number of carbonyl (C=O) groups is 1. The predicted molar refractivity (Wildman–Crippen MR) is 47.2 cm³/mol. The zero-order valence-electron chi connectivity index (χ0n) is 8.10. The van der Waals surface area contributed by atoms with Gasteiger partial charge in [-0.2, -0.15) is 13.2 Å². The molecule has 1 amide bonds. The first-order valence-corrected chi connectivity index (χ1v) is 5.09. The third-order valence-corrected chi connectivity index (χ3v) is 3.07. The molecule has 2 heterocycles. The number of rotatable bonds is 1. The summed E-state index contributed by atoms with van der Waals surface area (Å²) in [6.45, 7) is 0. The lowest BCUT2D eigenvalue weighted by Crippen LogP contribution is -2.50. The SMILES string of the molecule is O=C(NC1CC2CC[C@@H](C1)N2)C(F)(F)F. The molecule has 2 aliphatic heterocycles. The van der Waals surface area contributed by atoms with Crippen LogP contribution in [0.3, 0.4) is 0 Å². The molecule has 0 saturated carbocycles. The molecule has 0 spiro atoms. The zero-order chi connectivity index (χ0) is 11.1. The van der Waals surface area contributed by atoms with Crippen LogP contribution in [0.2, 0.25) is 0 Å². The van der Waals surface area contributed by atoms with Crippen molar-refractivity contribution in [1.29, 1.82) is 0 Å². The highest BCUT2D eigenvalue weighted by Gasteiger charge is 2.42. The summed E-state index contributed by atoms with van der Waals surface area (Å²) >= 11 is 0. The molecule has 3 atom stereocenters. The minimum absolute atomic E-state index is 0.280. The fourth-order valence-corrected chi connectivity index (χ4v) is 2.44. The summed E-state index contributed by atoms with van der Waals surface area (Å²) in [5.41, 5.74) is 0. The van der Waals surface area contributed by atoms with Crippen LogP contribution in [0.15, 0.2) is 0 Å². The molecule has 2 saturated heterocycles. The highest BCUT2D eigenvalue weighted by Crippen LogP contribution is 2.27. The summed E-state index contributed by atoms with van der Waals surface area (Å²) < 4.78 is 36.0. The lowest BCUT2D eigenvalue weighted by Gasteiger charge is -2.29. The lowest BCUT2D eigenvalue weighted by atomic mass is 10.00. The first-order valence-electron chi connectivity index (χ1n) is 5.09. The second kappa shape index (κ2) is 3.66. The maximum absolute atomic E-state index is 12.0. The summed E-state index contributed by atoms with van der Waals surface area (Å²) in [5.74, 6) is -1.81. The highest BCUT2D eigenvalue weighted by molar-refractivity contribution is 5.81. The fourth-order valence-electron chi connectivity index (χ4n) is 2.44. The standard InChI is InChI=1S/C9H13F3N2O/c10-9(11,12)8(15)14-7-3-5-1-2-6(4-7)13-5/h5-7,13H,1-4H2,(H,14,15)/t5-,6?,7?/m0/s1. The number of fused-ring (bicyclic) bond motifs is 2. The van der Waals surface area contributed by atoms with Crippen LogP contribution in [0, 0.1) is 0 Å². The minimum atomic E-state index is -4.76. The molecule has 3 nitrogen and oxygen atoms in total. The monoisotopic (exact) mass is 222 g/mol. The number of alkyl halides is 3. The van der Waals surface area contributed by atoms with Crippen LogP contribution in [-0.2, 0) is 4.79 Å². The van der Waals surface area contributed by atoms with Gasteiger partial charge in [0.15, 0.2) is 0 Å². The largest absolute Gasteiger partial charge is 0.471 e. The van der Waals surface area contributed by atoms with Crippen LogP contribution in [0.4, 0.5) is 13.2 Å². The molecule has 2 N–H and O–H groups in total. The van der Waals surface area contributed by atoms with Gasteiger partial charge in [-0.15, -0.1) is 0 Å². The predicted octanol–water partition coefficient (Wildman–Crippen LogP) is 0.948. The molecular formula is C9H13F3N2O. The second-order valence-corrected chi connectivity index (χ2v) is 4.28. The Morgan fingerprint density at radius 3 is 2.20 bits per heavy atom. The molecule has 0 aliphatic carbocycles. The van der Waals surface area contributed by atoms with Crippen molar-refractivity contribution in [2.24, 2.45) is 0 Å². The molecule has 15 heavy (non-hydrogen) atoms. The Hall–Kier alpha value is -0.780. The first-order chi connectivity index (χ1) is 6.95. The zero-order valence-corrected chi connectivity index (χ0v) is 8.10. The number of nitrogens with one attached hydrogen (secondary N) is 2. The van der Waals surface area contributed by atoms with Crippen LogP contribution in [0.25, 0.3) is 0 Å². The van der Waals surface area contributed by atoms with Crippen molar-refractivity contribution >= 4 is 5.91 Å². The molecule has 2 fully saturated rings. The summed E-state index contributed by atoms with van der Waals surface area (Å²) in [4.78, 5) is 10.7. The van der Waals surface area contributed by atoms with E-state index in [1.165, 1.54) is 0 Å². The summed E-state index contributed by atoms with van der Waals surface area (Å²) in [5, 5.41) is 5.36. The molecule has 0 radical (unpaired) electrons. The van der Waals surface area contributed by atoms with E-state index in [0.29, 0.717) is 12.8 Å². The molecule has 2 rings (SSSR count).